The second kappa shape index (κ2) is 8.21. The normalized spacial score (nSPS) is 11.8. The maximum atomic E-state index is 13.9. The summed E-state index contributed by atoms with van der Waals surface area (Å²) < 4.78 is 13.9. The quantitative estimate of drug-likeness (QED) is 0.886. The lowest BCUT2D eigenvalue weighted by atomic mass is 10.0. The first-order valence-electron chi connectivity index (χ1n) is 7.54. The smallest absolute Gasteiger partial charge is 0.321 e. The van der Waals surface area contributed by atoms with Crippen molar-refractivity contribution < 1.29 is 14.0 Å². The van der Waals surface area contributed by atoms with Gasteiger partial charge in [-0.25, -0.2) is 9.18 Å². The predicted molar refractivity (Wildman–Crippen MR) is 89.6 cm³/mol. The van der Waals surface area contributed by atoms with Gasteiger partial charge in [0.05, 0.1) is 0 Å². The molecule has 0 saturated carbocycles. The van der Waals surface area contributed by atoms with E-state index in [1.54, 1.807) is 42.3 Å². The van der Waals surface area contributed by atoms with Gasteiger partial charge in [-0.3, -0.25) is 15.0 Å². The number of nitrogens with one attached hydrogen (secondary N) is 2. The van der Waals surface area contributed by atoms with E-state index < -0.39 is 18.0 Å². The van der Waals surface area contributed by atoms with E-state index in [4.69, 9.17) is 0 Å². The molecule has 126 valence electrons. The zero-order chi connectivity index (χ0) is 17.5. The maximum Gasteiger partial charge on any atom is 0.321 e. The Morgan fingerprint density at radius 1 is 1.08 bits per heavy atom. The Balaban J connectivity index is 2.26. The van der Waals surface area contributed by atoms with Crippen LogP contribution in [0.1, 0.15) is 17.2 Å². The third kappa shape index (κ3) is 4.39. The number of hydrogen-bond acceptors (Lipinski definition) is 3. The van der Waals surface area contributed by atoms with Crippen LogP contribution in [0.3, 0.4) is 0 Å². The first kappa shape index (κ1) is 17.6. The SMILES string of the molecule is CNC(=O)NC(=O)[C@@H](c1ccccc1)N(C)Cc1ccccc1F. The van der Waals surface area contributed by atoms with Crippen molar-refractivity contribution in [1.29, 1.82) is 0 Å². The molecule has 0 saturated heterocycles. The molecule has 0 radical (unpaired) electrons. The van der Waals surface area contributed by atoms with Gasteiger partial charge < -0.3 is 5.32 Å². The van der Waals surface area contributed by atoms with Crippen LogP contribution in [-0.2, 0) is 11.3 Å². The first-order valence-corrected chi connectivity index (χ1v) is 7.54. The number of rotatable bonds is 5. The van der Waals surface area contributed by atoms with Crippen molar-refractivity contribution in [2.75, 3.05) is 14.1 Å². The van der Waals surface area contributed by atoms with Gasteiger partial charge in [0.2, 0.25) is 5.91 Å². The number of imide groups is 1. The van der Waals surface area contributed by atoms with Crippen molar-refractivity contribution in [3.8, 4) is 0 Å². The van der Waals surface area contributed by atoms with E-state index in [0.29, 0.717) is 5.56 Å². The standard InChI is InChI=1S/C18H20FN3O2/c1-20-18(24)21-17(23)16(13-8-4-3-5-9-13)22(2)12-14-10-6-7-11-15(14)19/h3-11,16H,12H2,1-2H3,(H2,20,21,23,24)/t16-/m1/s1. The minimum atomic E-state index is -0.719. The van der Waals surface area contributed by atoms with Crippen molar-refractivity contribution in [3.63, 3.8) is 0 Å². The molecule has 2 aromatic rings. The summed E-state index contributed by atoms with van der Waals surface area (Å²) in [6.07, 6.45) is 0. The lowest BCUT2D eigenvalue weighted by Crippen LogP contribution is -2.44. The van der Waals surface area contributed by atoms with Crippen LogP contribution in [-0.4, -0.2) is 30.9 Å². The van der Waals surface area contributed by atoms with Crippen LogP contribution in [0.5, 0.6) is 0 Å². The highest BCUT2D eigenvalue weighted by atomic mass is 19.1. The molecule has 0 fully saturated rings. The third-order valence-corrected chi connectivity index (χ3v) is 3.65. The minimum absolute atomic E-state index is 0.230. The van der Waals surface area contributed by atoms with Gasteiger partial charge in [0, 0.05) is 19.2 Å². The second-order valence-corrected chi connectivity index (χ2v) is 5.39. The molecular formula is C18H20FN3O2. The summed E-state index contributed by atoms with van der Waals surface area (Å²) in [5, 5.41) is 4.64. The van der Waals surface area contributed by atoms with Gasteiger partial charge in [-0.1, -0.05) is 48.5 Å². The average Bonchev–Trinajstić information content (AvgIpc) is 2.58. The summed E-state index contributed by atoms with van der Waals surface area (Å²) in [7, 11) is 3.15. The van der Waals surface area contributed by atoms with Gasteiger partial charge in [-0.2, -0.15) is 0 Å². The molecule has 0 aliphatic rings. The van der Waals surface area contributed by atoms with E-state index in [9.17, 15) is 14.0 Å². The molecule has 2 rings (SSSR count). The van der Waals surface area contributed by atoms with Gasteiger partial charge in [0.25, 0.3) is 0 Å². The summed E-state index contributed by atoms with van der Waals surface area (Å²) >= 11 is 0. The van der Waals surface area contributed by atoms with E-state index >= 15 is 0 Å². The first-order chi connectivity index (χ1) is 11.5. The van der Waals surface area contributed by atoms with Crippen LogP contribution in [0.25, 0.3) is 0 Å². The summed E-state index contributed by atoms with van der Waals surface area (Å²) in [4.78, 5) is 25.7. The number of likely N-dealkylation sites (N-methyl/N-ethyl adjacent to an activating group) is 1. The molecule has 2 aromatic carbocycles. The molecule has 0 heterocycles. The Morgan fingerprint density at radius 2 is 1.71 bits per heavy atom. The highest BCUT2D eigenvalue weighted by molar-refractivity contribution is 5.97. The average molecular weight is 329 g/mol. The lowest BCUT2D eigenvalue weighted by molar-refractivity contribution is -0.125. The number of benzene rings is 2. The molecule has 3 amide bonds. The van der Waals surface area contributed by atoms with Crippen LogP contribution in [0, 0.1) is 5.82 Å². The molecular weight excluding hydrogens is 309 g/mol. The molecule has 6 heteroatoms. The molecule has 0 spiro atoms. The minimum Gasteiger partial charge on any atom is -0.341 e. The van der Waals surface area contributed by atoms with Crippen molar-refractivity contribution in [3.05, 3.63) is 71.5 Å². The second-order valence-electron chi connectivity index (χ2n) is 5.39. The number of amides is 3. The number of halogens is 1. The van der Waals surface area contributed by atoms with Crippen LogP contribution in [0.15, 0.2) is 54.6 Å². The molecule has 0 aromatic heterocycles. The van der Waals surface area contributed by atoms with Crippen LogP contribution in [0.2, 0.25) is 0 Å². The highest BCUT2D eigenvalue weighted by Gasteiger charge is 2.26. The van der Waals surface area contributed by atoms with E-state index in [-0.39, 0.29) is 12.4 Å². The number of urea groups is 1. The van der Waals surface area contributed by atoms with Crippen molar-refractivity contribution in [2.45, 2.75) is 12.6 Å². The zero-order valence-corrected chi connectivity index (χ0v) is 13.6. The molecule has 0 bridgehead atoms. The monoisotopic (exact) mass is 329 g/mol. The molecule has 5 nitrogen and oxygen atoms in total. The van der Waals surface area contributed by atoms with Crippen molar-refractivity contribution in [1.82, 2.24) is 15.5 Å². The van der Waals surface area contributed by atoms with E-state index in [0.717, 1.165) is 5.56 Å². The number of carbonyl (C=O) groups excluding carboxylic acids is 2. The molecule has 0 unspecified atom stereocenters. The Morgan fingerprint density at radius 3 is 2.33 bits per heavy atom. The summed E-state index contributed by atoms with van der Waals surface area (Å²) in [6.45, 7) is 0.230. The zero-order valence-electron chi connectivity index (χ0n) is 13.6. The summed E-state index contributed by atoms with van der Waals surface area (Å²) in [6, 6.07) is 14.2. The van der Waals surface area contributed by atoms with E-state index in [1.807, 2.05) is 18.2 Å². The van der Waals surface area contributed by atoms with E-state index in [2.05, 4.69) is 10.6 Å². The van der Waals surface area contributed by atoms with Crippen LogP contribution < -0.4 is 10.6 Å². The molecule has 1 atom stereocenters. The Labute approximate surface area is 140 Å². The van der Waals surface area contributed by atoms with E-state index in [1.165, 1.54) is 13.1 Å². The Kier molecular flexibility index (Phi) is 6.03. The van der Waals surface area contributed by atoms with Crippen molar-refractivity contribution >= 4 is 11.9 Å². The van der Waals surface area contributed by atoms with Gasteiger partial charge in [-0.05, 0) is 18.7 Å². The fourth-order valence-corrected chi connectivity index (χ4v) is 2.47. The molecule has 0 aliphatic carbocycles. The van der Waals surface area contributed by atoms with Crippen LogP contribution in [0.4, 0.5) is 9.18 Å². The predicted octanol–water partition coefficient (Wildman–Crippen LogP) is 2.45. The third-order valence-electron chi connectivity index (χ3n) is 3.65. The summed E-state index contributed by atoms with van der Waals surface area (Å²) in [5.41, 5.74) is 1.20. The Hall–Kier alpha value is -2.73. The molecule has 0 aliphatic heterocycles. The maximum absolute atomic E-state index is 13.9. The van der Waals surface area contributed by atoms with Gasteiger partial charge in [0.15, 0.2) is 0 Å². The Bertz CT molecular complexity index is 706. The number of nitrogens with zero attached hydrogens (tertiary/aromatic N) is 1. The highest BCUT2D eigenvalue weighted by Crippen LogP contribution is 2.22. The topological polar surface area (TPSA) is 61.4 Å². The summed E-state index contributed by atoms with van der Waals surface area (Å²) in [5.74, 6) is -0.803. The lowest BCUT2D eigenvalue weighted by Gasteiger charge is -2.27. The largest absolute Gasteiger partial charge is 0.341 e. The fourth-order valence-electron chi connectivity index (χ4n) is 2.47. The van der Waals surface area contributed by atoms with Crippen LogP contribution >= 0.6 is 0 Å². The fraction of sp³-hybridized carbons (Fsp3) is 0.222. The molecule has 2 N–H and O–H groups in total. The van der Waals surface area contributed by atoms with Gasteiger partial charge in [0.1, 0.15) is 11.9 Å². The number of hydrogen-bond donors (Lipinski definition) is 2. The molecule has 24 heavy (non-hydrogen) atoms. The van der Waals surface area contributed by atoms with Gasteiger partial charge in [-0.15, -0.1) is 0 Å². The van der Waals surface area contributed by atoms with Crippen molar-refractivity contribution in [2.24, 2.45) is 0 Å². The van der Waals surface area contributed by atoms with Gasteiger partial charge >= 0.3 is 6.03 Å². The number of carbonyl (C=O) groups is 2.